The van der Waals surface area contributed by atoms with Gasteiger partial charge in [0, 0.05) is 17.0 Å². The van der Waals surface area contributed by atoms with E-state index in [1.807, 2.05) is 12.1 Å². The first-order valence-corrected chi connectivity index (χ1v) is 5.45. The lowest BCUT2D eigenvalue weighted by atomic mass is 9.37. The van der Waals surface area contributed by atoms with E-state index in [1.165, 1.54) is 6.07 Å². The fourth-order valence-electron chi connectivity index (χ4n) is 3.28. The number of hydrogen-bond donors (Lipinski definition) is 2. The summed E-state index contributed by atoms with van der Waals surface area (Å²) in [5.41, 5.74) is 3.76. The molecule has 1 aromatic carbocycles. The number of methoxy groups -OCH3 is 1. The number of benzene rings is 1. The maximum absolute atomic E-state index is 13.9. The Hall–Kier alpha value is -1.13. The van der Waals surface area contributed by atoms with Crippen LogP contribution < -0.4 is 16.0 Å². The van der Waals surface area contributed by atoms with Gasteiger partial charge >= 0.3 is 0 Å². The molecule has 3 aliphatic rings. The Labute approximate surface area is 93.7 Å². The Balaban J connectivity index is 1.87. The van der Waals surface area contributed by atoms with Crippen molar-refractivity contribution >= 4 is 0 Å². The van der Waals surface area contributed by atoms with Gasteiger partial charge in [0.1, 0.15) is 11.6 Å². The van der Waals surface area contributed by atoms with Gasteiger partial charge in [0.05, 0.1) is 7.11 Å². The Morgan fingerprint density at radius 2 is 2.06 bits per heavy atom. The van der Waals surface area contributed by atoms with Crippen molar-refractivity contribution in [1.29, 1.82) is 0 Å². The van der Waals surface area contributed by atoms with E-state index in [0.29, 0.717) is 5.75 Å². The average Bonchev–Trinajstić information content (AvgIpc) is 2.17. The molecule has 1 aromatic rings. The van der Waals surface area contributed by atoms with Crippen molar-refractivity contribution in [3.63, 3.8) is 0 Å². The van der Waals surface area contributed by atoms with Crippen molar-refractivity contribution in [2.24, 2.45) is 5.84 Å². The molecular weight excluding hydrogens is 207 g/mol. The van der Waals surface area contributed by atoms with Gasteiger partial charge in [0.2, 0.25) is 0 Å². The molecule has 0 atom stereocenters. The second-order valence-electron chi connectivity index (χ2n) is 5.08. The molecule has 86 valence electrons. The minimum atomic E-state index is -0.162. The van der Waals surface area contributed by atoms with Crippen LogP contribution >= 0.6 is 0 Å². The summed E-state index contributed by atoms with van der Waals surface area (Å²) in [5.74, 6) is 5.87. The smallest absolute Gasteiger partial charge is 0.130 e. The molecule has 0 amide bonds. The average molecular weight is 222 g/mol. The summed E-state index contributed by atoms with van der Waals surface area (Å²) in [6, 6.07) is 5.12. The van der Waals surface area contributed by atoms with E-state index in [0.717, 1.165) is 24.8 Å². The molecule has 4 heteroatoms. The summed E-state index contributed by atoms with van der Waals surface area (Å²) in [4.78, 5) is 0. The SMILES string of the molecule is COc1ccc(C23CC(NN)(C2)C3)c(F)c1. The van der Waals surface area contributed by atoms with Gasteiger partial charge in [-0.3, -0.25) is 11.3 Å². The van der Waals surface area contributed by atoms with Gasteiger partial charge in [-0.25, -0.2) is 4.39 Å². The molecule has 3 aliphatic carbocycles. The maximum atomic E-state index is 13.9. The molecule has 2 bridgehead atoms. The van der Waals surface area contributed by atoms with Gasteiger partial charge in [0.25, 0.3) is 0 Å². The van der Waals surface area contributed by atoms with E-state index in [-0.39, 0.29) is 16.8 Å². The second-order valence-corrected chi connectivity index (χ2v) is 5.08. The van der Waals surface area contributed by atoms with Crippen molar-refractivity contribution in [1.82, 2.24) is 5.43 Å². The van der Waals surface area contributed by atoms with Crippen LogP contribution in [0.5, 0.6) is 5.75 Å². The first-order chi connectivity index (χ1) is 7.63. The summed E-state index contributed by atoms with van der Waals surface area (Å²) < 4.78 is 18.9. The highest BCUT2D eigenvalue weighted by atomic mass is 19.1. The molecule has 0 radical (unpaired) electrons. The normalized spacial score (nSPS) is 35.2. The lowest BCUT2D eigenvalue weighted by Gasteiger charge is -2.70. The molecule has 16 heavy (non-hydrogen) atoms. The van der Waals surface area contributed by atoms with Gasteiger partial charge < -0.3 is 4.74 Å². The molecule has 0 heterocycles. The highest BCUT2D eigenvalue weighted by molar-refractivity contribution is 5.44. The third-order valence-electron chi connectivity index (χ3n) is 4.08. The lowest BCUT2D eigenvalue weighted by molar-refractivity contribution is -0.0901. The monoisotopic (exact) mass is 222 g/mol. The fraction of sp³-hybridized carbons (Fsp3) is 0.500. The summed E-state index contributed by atoms with van der Waals surface area (Å²) in [5, 5.41) is 0. The largest absolute Gasteiger partial charge is 0.497 e. The van der Waals surface area contributed by atoms with Gasteiger partial charge in [-0.2, -0.15) is 0 Å². The van der Waals surface area contributed by atoms with Crippen LogP contribution in [-0.4, -0.2) is 12.6 Å². The van der Waals surface area contributed by atoms with E-state index >= 15 is 0 Å². The van der Waals surface area contributed by atoms with E-state index in [9.17, 15) is 4.39 Å². The summed E-state index contributed by atoms with van der Waals surface area (Å²) in [7, 11) is 1.54. The van der Waals surface area contributed by atoms with Crippen LogP contribution in [0, 0.1) is 5.82 Å². The van der Waals surface area contributed by atoms with Gasteiger partial charge in [-0.05, 0) is 30.9 Å². The van der Waals surface area contributed by atoms with E-state index < -0.39 is 0 Å². The Morgan fingerprint density at radius 1 is 1.38 bits per heavy atom. The van der Waals surface area contributed by atoms with Crippen molar-refractivity contribution in [3.8, 4) is 5.75 Å². The number of nitrogens with one attached hydrogen (secondary N) is 1. The van der Waals surface area contributed by atoms with Crippen LogP contribution in [0.4, 0.5) is 4.39 Å². The standard InChI is InChI=1S/C12H15FN2O/c1-16-8-2-3-9(10(13)4-8)11-5-12(6-11,7-11)15-14/h2-4,15H,5-7,14H2,1H3. The van der Waals surface area contributed by atoms with Crippen molar-refractivity contribution in [2.75, 3.05) is 7.11 Å². The first-order valence-electron chi connectivity index (χ1n) is 5.45. The van der Waals surface area contributed by atoms with Crippen LogP contribution in [0.2, 0.25) is 0 Å². The van der Waals surface area contributed by atoms with Gasteiger partial charge in [0.15, 0.2) is 0 Å². The van der Waals surface area contributed by atoms with E-state index in [1.54, 1.807) is 7.11 Å². The number of rotatable bonds is 3. The molecule has 3 nitrogen and oxygen atoms in total. The highest BCUT2D eigenvalue weighted by Gasteiger charge is 2.68. The highest BCUT2D eigenvalue weighted by Crippen LogP contribution is 2.67. The molecule has 3 saturated carbocycles. The van der Waals surface area contributed by atoms with Crippen LogP contribution in [0.1, 0.15) is 24.8 Å². The van der Waals surface area contributed by atoms with Crippen LogP contribution in [0.25, 0.3) is 0 Å². The van der Waals surface area contributed by atoms with Crippen molar-refractivity contribution in [2.45, 2.75) is 30.2 Å². The molecular formula is C12H15FN2O. The molecule has 0 spiro atoms. The topological polar surface area (TPSA) is 47.3 Å². The maximum Gasteiger partial charge on any atom is 0.130 e. The molecule has 0 unspecified atom stereocenters. The quantitative estimate of drug-likeness (QED) is 0.601. The zero-order chi connectivity index (χ0) is 11.4. The summed E-state index contributed by atoms with van der Waals surface area (Å²) >= 11 is 0. The minimum Gasteiger partial charge on any atom is -0.497 e. The van der Waals surface area contributed by atoms with Crippen molar-refractivity contribution < 1.29 is 9.13 Å². The van der Waals surface area contributed by atoms with Crippen LogP contribution in [-0.2, 0) is 5.41 Å². The number of halogens is 1. The first kappa shape index (κ1) is 10.1. The molecule has 0 saturated heterocycles. The Morgan fingerprint density at radius 3 is 2.56 bits per heavy atom. The van der Waals surface area contributed by atoms with Gasteiger partial charge in [-0.15, -0.1) is 0 Å². The molecule has 0 aromatic heterocycles. The van der Waals surface area contributed by atoms with E-state index in [2.05, 4.69) is 5.43 Å². The number of hydrogen-bond acceptors (Lipinski definition) is 3. The van der Waals surface area contributed by atoms with Crippen LogP contribution in [0.3, 0.4) is 0 Å². The molecule has 3 fully saturated rings. The fourth-order valence-corrected chi connectivity index (χ4v) is 3.28. The Bertz CT molecular complexity index is 427. The molecule has 3 N–H and O–H groups in total. The Kier molecular flexibility index (Phi) is 1.86. The number of nitrogens with two attached hydrogens (primary N) is 1. The second kappa shape index (κ2) is 2.96. The number of hydrazine groups is 1. The summed E-state index contributed by atoms with van der Waals surface area (Å²) in [6.45, 7) is 0. The zero-order valence-corrected chi connectivity index (χ0v) is 9.22. The van der Waals surface area contributed by atoms with E-state index in [4.69, 9.17) is 10.6 Å². The lowest BCUT2D eigenvalue weighted by Crippen LogP contribution is -2.77. The predicted molar refractivity (Wildman–Crippen MR) is 58.5 cm³/mol. The zero-order valence-electron chi connectivity index (χ0n) is 9.22. The third-order valence-corrected chi connectivity index (χ3v) is 4.08. The van der Waals surface area contributed by atoms with Crippen molar-refractivity contribution in [3.05, 3.63) is 29.6 Å². The minimum absolute atomic E-state index is 0.0305. The predicted octanol–water partition coefficient (Wildman–Crippen LogP) is 1.47. The third kappa shape index (κ3) is 1.09. The summed E-state index contributed by atoms with van der Waals surface area (Å²) in [6.07, 6.45) is 2.83. The van der Waals surface area contributed by atoms with Gasteiger partial charge in [-0.1, -0.05) is 6.07 Å². The van der Waals surface area contributed by atoms with Crippen LogP contribution in [0.15, 0.2) is 18.2 Å². The molecule has 4 rings (SSSR count). The molecule has 0 aliphatic heterocycles. The number of ether oxygens (including phenoxy) is 1.